The van der Waals surface area contributed by atoms with Crippen molar-refractivity contribution in [1.82, 2.24) is 15.1 Å². The molecule has 0 spiro atoms. The van der Waals surface area contributed by atoms with Crippen molar-refractivity contribution in [2.75, 3.05) is 5.32 Å². The Morgan fingerprint density at radius 2 is 2.08 bits per heavy atom. The molecule has 0 atom stereocenters. The second-order valence-corrected chi connectivity index (χ2v) is 6.05. The van der Waals surface area contributed by atoms with Gasteiger partial charge in [-0.3, -0.25) is 4.79 Å². The topological polar surface area (TPSA) is 94.0 Å². The number of para-hydroxylation sites is 1. The van der Waals surface area contributed by atoms with E-state index < -0.39 is 0 Å². The molecule has 24 heavy (non-hydrogen) atoms. The number of fused-ring (bicyclic) bond motifs is 1. The third-order valence-corrected chi connectivity index (χ3v) is 4.27. The summed E-state index contributed by atoms with van der Waals surface area (Å²) >= 11 is 1.44. The minimum atomic E-state index is -0.146. The van der Waals surface area contributed by atoms with E-state index in [9.17, 15) is 4.79 Å². The predicted molar refractivity (Wildman–Crippen MR) is 88.6 cm³/mol. The van der Waals surface area contributed by atoms with Crippen molar-refractivity contribution in [3.8, 4) is 11.6 Å². The Morgan fingerprint density at radius 1 is 1.17 bits per heavy atom. The minimum absolute atomic E-state index is 0.146. The van der Waals surface area contributed by atoms with Crippen LogP contribution in [0.25, 0.3) is 21.8 Å². The van der Waals surface area contributed by atoms with Gasteiger partial charge in [0, 0.05) is 12.8 Å². The molecule has 120 valence electrons. The fourth-order valence-electron chi connectivity index (χ4n) is 2.19. The molecule has 4 rings (SSSR count). The van der Waals surface area contributed by atoms with Gasteiger partial charge in [-0.2, -0.15) is 4.98 Å². The van der Waals surface area contributed by atoms with E-state index in [-0.39, 0.29) is 12.3 Å². The molecule has 3 aromatic heterocycles. The van der Waals surface area contributed by atoms with Crippen LogP contribution in [-0.4, -0.2) is 21.0 Å². The first-order valence-electron chi connectivity index (χ1n) is 7.30. The number of hydrogen-bond donors (Lipinski definition) is 1. The fourth-order valence-corrected chi connectivity index (χ4v) is 3.07. The predicted octanol–water partition coefficient (Wildman–Crippen LogP) is 3.51. The fraction of sp³-hybridized carbons (Fsp3) is 0.125. The highest BCUT2D eigenvalue weighted by Gasteiger charge is 2.13. The first-order valence-corrected chi connectivity index (χ1v) is 8.11. The molecule has 0 aliphatic heterocycles. The van der Waals surface area contributed by atoms with Crippen LogP contribution >= 0.6 is 11.3 Å². The monoisotopic (exact) mass is 340 g/mol. The number of nitrogens with one attached hydrogen (secondary N) is 1. The van der Waals surface area contributed by atoms with Crippen LogP contribution in [0.5, 0.6) is 0 Å². The van der Waals surface area contributed by atoms with Gasteiger partial charge in [0.1, 0.15) is 0 Å². The maximum absolute atomic E-state index is 12.0. The summed E-state index contributed by atoms with van der Waals surface area (Å²) in [6.45, 7) is 0. The average molecular weight is 340 g/mol. The summed E-state index contributed by atoms with van der Waals surface area (Å²) in [4.78, 5) is 20.6. The van der Waals surface area contributed by atoms with Gasteiger partial charge in [0.25, 0.3) is 0 Å². The molecule has 1 aromatic carbocycles. The maximum atomic E-state index is 12.0. The van der Waals surface area contributed by atoms with Crippen molar-refractivity contribution in [2.24, 2.45) is 0 Å². The van der Waals surface area contributed by atoms with Crippen LogP contribution in [0.4, 0.5) is 5.13 Å². The molecule has 0 bridgehead atoms. The second-order valence-electron chi connectivity index (χ2n) is 5.02. The van der Waals surface area contributed by atoms with Crippen LogP contribution in [0.2, 0.25) is 0 Å². The molecular weight excluding hydrogens is 328 g/mol. The van der Waals surface area contributed by atoms with E-state index in [1.165, 1.54) is 17.6 Å². The molecule has 8 heteroatoms. The van der Waals surface area contributed by atoms with Gasteiger partial charge in [-0.05, 0) is 24.3 Å². The number of thiazole rings is 1. The van der Waals surface area contributed by atoms with E-state index in [2.05, 4.69) is 20.4 Å². The molecule has 0 fully saturated rings. The summed E-state index contributed by atoms with van der Waals surface area (Å²) in [5, 5.41) is 7.21. The molecule has 1 amide bonds. The first-order chi connectivity index (χ1) is 11.8. The maximum Gasteiger partial charge on any atom is 0.238 e. The highest BCUT2D eigenvalue weighted by molar-refractivity contribution is 7.22. The number of carbonyl (C=O) groups excluding carboxylic acids is 1. The van der Waals surface area contributed by atoms with Gasteiger partial charge in [-0.25, -0.2) is 4.98 Å². The Morgan fingerprint density at radius 3 is 2.92 bits per heavy atom. The van der Waals surface area contributed by atoms with Gasteiger partial charge < -0.3 is 14.3 Å². The molecule has 7 nitrogen and oxygen atoms in total. The number of benzene rings is 1. The molecule has 1 N–H and O–H groups in total. The lowest BCUT2D eigenvalue weighted by atomic mass is 10.3. The van der Waals surface area contributed by atoms with Crippen LogP contribution < -0.4 is 5.32 Å². The van der Waals surface area contributed by atoms with Crippen LogP contribution in [0.3, 0.4) is 0 Å². The number of furan rings is 1. The zero-order valence-electron chi connectivity index (χ0n) is 12.4. The smallest absolute Gasteiger partial charge is 0.238 e. The van der Waals surface area contributed by atoms with Gasteiger partial charge in [-0.1, -0.05) is 28.6 Å². The highest BCUT2D eigenvalue weighted by Crippen LogP contribution is 2.25. The van der Waals surface area contributed by atoms with E-state index in [4.69, 9.17) is 8.94 Å². The zero-order chi connectivity index (χ0) is 16.4. The van der Waals surface area contributed by atoms with E-state index in [1.54, 1.807) is 12.1 Å². The van der Waals surface area contributed by atoms with Crippen LogP contribution in [0.1, 0.15) is 12.3 Å². The van der Waals surface area contributed by atoms with E-state index in [1.807, 2.05) is 24.3 Å². The molecule has 0 unspecified atom stereocenters. The van der Waals surface area contributed by atoms with Crippen LogP contribution in [0, 0.1) is 0 Å². The number of aryl methyl sites for hydroxylation is 1. The molecule has 3 heterocycles. The van der Waals surface area contributed by atoms with E-state index >= 15 is 0 Å². The van der Waals surface area contributed by atoms with Gasteiger partial charge in [-0.15, -0.1) is 0 Å². The first kappa shape index (κ1) is 14.6. The van der Waals surface area contributed by atoms with Crippen molar-refractivity contribution in [1.29, 1.82) is 0 Å². The number of nitrogens with zero attached hydrogens (tertiary/aromatic N) is 3. The molecule has 0 radical (unpaired) electrons. The van der Waals surface area contributed by atoms with E-state index in [0.717, 1.165) is 10.2 Å². The lowest BCUT2D eigenvalue weighted by Crippen LogP contribution is -2.12. The molecule has 0 aliphatic rings. The lowest BCUT2D eigenvalue weighted by molar-refractivity contribution is -0.116. The van der Waals surface area contributed by atoms with Crippen molar-refractivity contribution in [2.45, 2.75) is 12.8 Å². The molecule has 0 saturated heterocycles. The SMILES string of the molecule is O=C(CCc1nc(-c2ccco2)no1)Nc1nc2ccccc2s1. The number of amides is 1. The normalized spacial score (nSPS) is 11.0. The van der Waals surface area contributed by atoms with Crippen molar-refractivity contribution in [3.63, 3.8) is 0 Å². The quantitative estimate of drug-likeness (QED) is 0.597. The number of anilines is 1. The van der Waals surface area contributed by atoms with Gasteiger partial charge in [0.2, 0.25) is 17.6 Å². The zero-order valence-corrected chi connectivity index (χ0v) is 13.2. The number of rotatable bonds is 5. The van der Waals surface area contributed by atoms with E-state index in [0.29, 0.717) is 29.0 Å². The third kappa shape index (κ3) is 3.04. The summed E-state index contributed by atoms with van der Waals surface area (Å²) in [5.74, 6) is 1.15. The Balaban J connectivity index is 1.36. The summed E-state index contributed by atoms with van der Waals surface area (Å²) < 4.78 is 11.4. The standard InChI is InChI=1S/C16H12N4O3S/c21-13(18-16-17-10-4-1-2-6-12(10)24-16)7-8-14-19-15(20-23-14)11-5-3-9-22-11/h1-6,9H,7-8H2,(H,17,18,21). The Bertz CT molecular complexity index is 941. The van der Waals surface area contributed by atoms with Gasteiger partial charge in [0.15, 0.2) is 10.9 Å². The van der Waals surface area contributed by atoms with Gasteiger partial charge >= 0.3 is 0 Å². The lowest BCUT2D eigenvalue weighted by Gasteiger charge is -1.98. The summed E-state index contributed by atoms with van der Waals surface area (Å²) in [7, 11) is 0. The Hall–Kier alpha value is -3.00. The van der Waals surface area contributed by atoms with Crippen molar-refractivity contribution < 1.29 is 13.7 Å². The van der Waals surface area contributed by atoms with Crippen LogP contribution in [-0.2, 0) is 11.2 Å². The molecule has 0 saturated carbocycles. The number of aromatic nitrogens is 3. The van der Waals surface area contributed by atoms with Crippen molar-refractivity contribution >= 4 is 32.6 Å². The largest absolute Gasteiger partial charge is 0.461 e. The Labute approximate surface area is 140 Å². The van der Waals surface area contributed by atoms with Crippen molar-refractivity contribution in [3.05, 3.63) is 48.6 Å². The minimum Gasteiger partial charge on any atom is -0.461 e. The Kier molecular flexibility index (Phi) is 3.80. The molecule has 0 aliphatic carbocycles. The van der Waals surface area contributed by atoms with Gasteiger partial charge in [0.05, 0.1) is 16.5 Å². The average Bonchev–Trinajstić information content (AvgIpc) is 3.31. The second kappa shape index (κ2) is 6.25. The number of hydrogen-bond acceptors (Lipinski definition) is 7. The summed E-state index contributed by atoms with van der Waals surface area (Å²) in [6, 6.07) is 11.2. The third-order valence-electron chi connectivity index (χ3n) is 3.32. The van der Waals surface area contributed by atoms with Crippen LogP contribution in [0.15, 0.2) is 51.6 Å². The molecular formula is C16H12N4O3S. The summed E-state index contributed by atoms with van der Waals surface area (Å²) in [6.07, 6.45) is 2.12. The highest BCUT2D eigenvalue weighted by atomic mass is 32.1. The summed E-state index contributed by atoms with van der Waals surface area (Å²) in [5.41, 5.74) is 0.873. The molecule has 4 aromatic rings. The number of carbonyl (C=O) groups is 1.